The molecular formula is C17H24F2N2O3. The van der Waals surface area contributed by atoms with Gasteiger partial charge in [-0.1, -0.05) is 13.8 Å². The van der Waals surface area contributed by atoms with Gasteiger partial charge in [-0.05, 0) is 18.1 Å². The number of halogens is 2. The molecule has 5 nitrogen and oxygen atoms in total. The van der Waals surface area contributed by atoms with Gasteiger partial charge in [-0.15, -0.1) is 0 Å². The van der Waals surface area contributed by atoms with Gasteiger partial charge in [0.1, 0.15) is 5.82 Å². The largest absolute Gasteiger partial charge is 0.477 e. The number of rotatable bonds is 6. The van der Waals surface area contributed by atoms with Crippen molar-refractivity contribution in [3.05, 3.63) is 29.8 Å². The maximum atomic E-state index is 13.8. The molecular weight excluding hydrogens is 318 g/mol. The minimum atomic E-state index is -0.825. The van der Waals surface area contributed by atoms with E-state index in [9.17, 15) is 13.6 Å². The summed E-state index contributed by atoms with van der Waals surface area (Å²) < 4.78 is 32.4. The topological polar surface area (TPSA) is 53.0 Å². The van der Waals surface area contributed by atoms with Crippen LogP contribution in [0.15, 0.2) is 18.2 Å². The molecule has 1 aliphatic heterocycles. The summed E-state index contributed by atoms with van der Waals surface area (Å²) in [6, 6.07) is 3.05. The van der Waals surface area contributed by atoms with Crippen LogP contribution in [0, 0.1) is 17.6 Å². The zero-order valence-corrected chi connectivity index (χ0v) is 14.0. The van der Waals surface area contributed by atoms with Crippen LogP contribution in [0.2, 0.25) is 0 Å². The molecule has 0 spiro atoms. The normalized spacial score (nSPS) is 17.2. The molecule has 1 aromatic carbocycles. The summed E-state index contributed by atoms with van der Waals surface area (Å²) >= 11 is 0. The molecule has 0 bridgehead atoms. The van der Waals surface area contributed by atoms with Crippen LogP contribution < -0.4 is 4.74 Å². The third kappa shape index (κ3) is 4.64. The van der Waals surface area contributed by atoms with Crippen LogP contribution in [0.25, 0.3) is 0 Å². The van der Waals surface area contributed by atoms with E-state index in [1.54, 1.807) is 4.90 Å². The second-order valence-corrected chi connectivity index (χ2v) is 6.25. The van der Waals surface area contributed by atoms with Gasteiger partial charge in [0, 0.05) is 38.8 Å². The van der Waals surface area contributed by atoms with Gasteiger partial charge < -0.3 is 14.7 Å². The predicted molar refractivity (Wildman–Crippen MR) is 85.7 cm³/mol. The minimum absolute atomic E-state index is 0.0928. The number of ether oxygens (including phenoxy) is 1. The van der Waals surface area contributed by atoms with Gasteiger partial charge in [-0.3, -0.25) is 9.69 Å². The maximum Gasteiger partial charge on any atom is 0.264 e. The number of benzene rings is 1. The Morgan fingerprint density at radius 3 is 2.46 bits per heavy atom. The van der Waals surface area contributed by atoms with Crippen molar-refractivity contribution in [3.8, 4) is 5.75 Å². The Kier molecular flexibility index (Phi) is 6.51. The lowest BCUT2D eigenvalue weighted by Gasteiger charge is -2.36. The molecule has 134 valence electrons. The number of amides is 1. The fourth-order valence-corrected chi connectivity index (χ4v) is 2.69. The smallest absolute Gasteiger partial charge is 0.264 e. The average Bonchev–Trinajstić information content (AvgIpc) is 2.54. The Morgan fingerprint density at radius 2 is 1.92 bits per heavy atom. The van der Waals surface area contributed by atoms with Crippen molar-refractivity contribution in [2.75, 3.05) is 39.3 Å². The molecule has 1 fully saturated rings. The van der Waals surface area contributed by atoms with E-state index < -0.39 is 17.7 Å². The maximum absolute atomic E-state index is 13.8. The molecule has 1 heterocycles. The van der Waals surface area contributed by atoms with Gasteiger partial charge in [0.15, 0.2) is 17.7 Å². The van der Waals surface area contributed by atoms with Gasteiger partial charge >= 0.3 is 0 Å². The van der Waals surface area contributed by atoms with Crippen LogP contribution >= 0.6 is 0 Å². The van der Waals surface area contributed by atoms with Gasteiger partial charge in [0.05, 0.1) is 6.61 Å². The number of hydrogen-bond donors (Lipinski definition) is 1. The fraction of sp³-hybridized carbons (Fsp3) is 0.588. The summed E-state index contributed by atoms with van der Waals surface area (Å²) in [4.78, 5) is 16.5. The number of carbonyl (C=O) groups is 1. The van der Waals surface area contributed by atoms with Gasteiger partial charge in [0.2, 0.25) is 0 Å². The number of β-amino-alcohol motifs (C(OH)–C–C–N with tert-alkyl or cyclic N) is 1. The summed E-state index contributed by atoms with van der Waals surface area (Å²) in [5.41, 5.74) is 0. The highest BCUT2D eigenvalue weighted by atomic mass is 19.1. The number of carbonyl (C=O) groups excluding carboxylic acids is 1. The zero-order valence-electron chi connectivity index (χ0n) is 14.0. The second-order valence-electron chi connectivity index (χ2n) is 6.25. The third-order valence-corrected chi connectivity index (χ3v) is 4.10. The molecule has 1 N–H and O–H groups in total. The first-order valence-corrected chi connectivity index (χ1v) is 8.16. The van der Waals surface area contributed by atoms with E-state index in [4.69, 9.17) is 9.84 Å². The average molecular weight is 342 g/mol. The highest BCUT2D eigenvalue weighted by Gasteiger charge is 2.31. The predicted octanol–water partition coefficient (Wildman–Crippen LogP) is 1.50. The molecule has 1 atom stereocenters. The molecule has 0 radical (unpaired) electrons. The van der Waals surface area contributed by atoms with E-state index in [-0.39, 0.29) is 24.2 Å². The summed E-state index contributed by atoms with van der Waals surface area (Å²) in [5, 5.41) is 8.96. The quantitative estimate of drug-likeness (QED) is 0.851. The summed E-state index contributed by atoms with van der Waals surface area (Å²) in [7, 11) is 0. The lowest BCUT2D eigenvalue weighted by molar-refractivity contribution is -0.142. The first-order valence-electron chi connectivity index (χ1n) is 8.16. The van der Waals surface area contributed by atoms with Crippen LogP contribution in [0.3, 0.4) is 0 Å². The standard InChI is InChI=1S/C17H24F2N2O3/c1-12(2)16(24-15-4-3-13(18)11-14(15)19)17(23)21-7-5-20(6-8-21)9-10-22/h3-4,11-12,16,22H,5-10H2,1-2H3/t16-/m1/s1. The van der Waals surface area contributed by atoms with Crippen molar-refractivity contribution in [1.29, 1.82) is 0 Å². The van der Waals surface area contributed by atoms with Crippen LogP contribution in [-0.2, 0) is 4.79 Å². The lowest BCUT2D eigenvalue weighted by Crippen LogP contribution is -2.53. The third-order valence-electron chi connectivity index (χ3n) is 4.10. The van der Waals surface area contributed by atoms with Crippen molar-refractivity contribution in [2.24, 2.45) is 5.92 Å². The minimum Gasteiger partial charge on any atom is -0.477 e. The first-order chi connectivity index (χ1) is 11.4. The van der Waals surface area contributed by atoms with E-state index in [2.05, 4.69) is 4.90 Å². The number of aliphatic hydroxyl groups excluding tert-OH is 1. The van der Waals surface area contributed by atoms with Crippen molar-refractivity contribution < 1.29 is 23.4 Å². The van der Waals surface area contributed by atoms with Crippen LogP contribution in [0.4, 0.5) is 8.78 Å². The van der Waals surface area contributed by atoms with Gasteiger partial charge in [0.25, 0.3) is 5.91 Å². The van der Waals surface area contributed by atoms with Crippen molar-refractivity contribution in [3.63, 3.8) is 0 Å². The molecule has 1 aromatic rings. The van der Waals surface area contributed by atoms with Crippen molar-refractivity contribution in [1.82, 2.24) is 9.80 Å². The Labute approximate surface area is 140 Å². The fourth-order valence-electron chi connectivity index (χ4n) is 2.69. The molecule has 24 heavy (non-hydrogen) atoms. The Balaban J connectivity index is 2.03. The van der Waals surface area contributed by atoms with Crippen LogP contribution in [-0.4, -0.2) is 66.2 Å². The van der Waals surface area contributed by atoms with Crippen LogP contribution in [0.5, 0.6) is 5.75 Å². The second kappa shape index (κ2) is 8.39. The van der Waals surface area contributed by atoms with E-state index in [1.807, 2.05) is 13.8 Å². The Hall–Kier alpha value is -1.73. The SMILES string of the molecule is CC(C)[C@@H](Oc1ccc(F)cc1F)C(=O)N1CCN(CCO)CC1. The van der Waals surface area contributed by atoms with Crippen molar-refractivity contribution >= 4 is 5.91 Å². The van der Waals surface area contributed by atoms with Gasteiger partial charge in [-0.2, -0.15) is 0 Å². The van der Waals surface area contributed by atoms with E-state index in [0.29, 0.717) is 32.7 Å². The van der Waals surface area contributed by atoms with E-state index in [0.717, 1.165) is 12.1 Å². The van der Waals surface area contributed by atoms with E-state index in [1.165, 1.54) is 6.07 Å². The Morgan fingerprint density at radius 1 is 1.25 bits per heavy atom. The molecule has 0 unspecified atom stereocenters. The number of piperazine rings is 1. The summed E-state index contributed by atoms with van der Waals surface area (Å²) in [5.74, 6) is -1.98. The highest BCUT2D eigenvalue weighted by molar-refractivity contribution is 5.81. The highest BCUT2D eigenvalue weighted by Crippen LogP contribution is 2.22. The number of hydrogen-bond acceptors (Lipinski definition) is 4. The molecule has 1 aliphatic rings. The number of nitrogens with zero attached hydrogens (tertiary/aromatic N) is 2. The molecule has 0 aliphatic carbocycles. The lowest BCUT2D eigenvalue weighted by atomic mass is 10.1. The molecule has 0 aromatic heterocycles. The molecule has 2 rings (SSSR count). The van der Waals surface area contributed by atoms with Crippen LogP contribution in [0.1, 0.15) is 13.8 Å². The molecule has 0 saturated carbocycles. The zero-order chi connectivity index (χ0) is 17.7. The van der Waals surface area contributed by atoms with Gasteiger partial charge in [-0.25, -0.2) is 8.78 Å². The molecule has 1 amide bonds. The van der Waals surface area contributed by atoms with E-state index >= 15 is 0 Å². The molecule has 7 heteroatoms. The molecule has 1 saturated heterocycles. The van der Waals surface area contributed by atoms with Crippen molar-refractivity contribution in [2.45, 2.75) is 20.0 Å². The number of aliphatic hydroxyl groups is 1. The first kappa shape index (κ1) is 18.6. The Bertz CT molecular complexity index is 561. The summed E-state index contributed by atoms with van der Waals surface area (Å²) in [6.45, 7) is 6.78. The monoisotopic (exact) mass is 342 g/mol. The summed E-state index contributed by atoms with van der Waals surface area (Å²) in [6.07, 6.45) is -0.825.